The van der Waals surface area contributed by atoms with E-state index in [0.717, 1.165) is 28.6 Å². The Hall–Kier alpha value is -3.40. The quantitative estimate of drug-likeness (QED) is 0.238. The van der Waals surface area contributed by atoms with Crippen LogP contribution in [0.1, 0.15) is 16.7 Å². The van der Waals surface area contributed by atoms with Gasteiger partial charge in [-0.15, -0.1) is 10.2 Å². The van der Waals surface area contributed by atoms with Crippen molar-refractivity contribution in [1.29, 1.82) is 0 Å². The number of hydrogen-bond donors (Lipinski definition) is 3. The average Bonchev–Trinajstić information content (AvgIpc) is 3.04. The largest absolute Gasteiger partial charge is 0.334 e. The van der Waals surface area contributed by atoms with Crippen molar-refractivity contribution in [2.24, 2.45) is 5.10 Å². The molecule has 0 radical (unpaired) electrons. The summed E-state index contributed by atoms with van der Waals surface area (Å²) < 4.78 is 14.7. The van der Waals surface area contributed by atoms with Gasteiger partial charge in [-0.3, -0.25) is 4.79 Å². The lowest BCUT2D eigenvalue weighted by molar-refractivity contribution is -0.113. The van der Waals surface area contributed by atoms with Gasteiger partial charge >= 0.3 is 0 Å². The number of aryl methyl sites for hydroxylation is 2. The molecule has 1 amide bonds. The molecule has 10 heteroatoms. The zero-order valence-electron chi connectivity index (χ0n) is 15.9. The van der Waals surface area contributed by atoms with Gasteiger partial charge in [-0.25, -0.2) is 14.5 Å². The van der Waals surface area contributed by atoms with E-state index in [1.54, 1.807) is 18.2 Å². The monoisotopic (exact) mass is 413 g/mol. The number of thioether (sulfide) groups is 1. The fraction of sp³-hybridized carbons (Fsp3) is 0.158. The number of aromatic nitrogens is 3. The Bertz CT molecular complexity index is 1050. The number of halogens is 1. The summed E-state index contributed by atoms with van der Waals surface area (Å²) in [5, 5.41) is 14.9. The number of carbonyl (C=O) groups excluding carboxylic acids is 1. The van der Waals surface area contributed by atoms with E-state index in [1.165, 1.54) is 17.0 Å². The van der Waals surface area contributed by atoms with Gasteiger partial charge in [0.15, 0.2) is 0 Å². The molecule has 150 valence electrons. The lowest BCUT2D eigenvalue weighted by atomic mass is 10.1. The zero-order chi connectivity index (χ0) is 20.8. The summed E-state index contributed by atoms with van der Waals surface area (Å²) in [6.07, 6.45) is 1.31. The Morgan fingerprint density at radius 3 is 2.86 bits per heavy atom. The van der Waals surface area contributed by atoms with Gasteiger partial charge in [0.05, 0.1) is 12.0 Å². The van der Waals surface area contributed by atoms with Crippen LogP contribution in [-0.4, -0.2) is 32.7 Å². The molecule has 3 aromatic rings. The molecule has 3 rings (SSSR count). The van der Waals surface area contributed by atoms with Crippen molar-refractivity contribution in [2.75, 3.05) is 22.3 Å². The highest BCUT2D eigenvalue weighted by molar-refractivity contribution is 7.99. The Kier molecular flexibility index (Phi) is 6.45. The molecule has 0 saturated carbocycles. The van der Waals surface area contributed by atoms with Crippen LogP contribution < -0.4 is 16.6 Å². The molecule has 1 heterocycles. The van der Waals surface area contributed by atoms with Crippen LogP contribution in [0.3, 0.4) is 0 Å². The highest BCUT2D eigenvalue weighted by Crippen LogP contribution is 2.19. The van der Waals surface area contributed by atoms with E-state index in [1.807, 2.05) is 32.0 Å². The number of carbonyl (C=O) groups is 1. The van der Waals surface area contributed by atoms with Crippen molar-refractivity contribution < 1.29 is 9.18 Å². The molecule has 4 N–H and O–H groups in total. The normalized spacial score (nSPS) is 11.0. The minimum Gasteiger partial charge on any atom is -0.334 e. The van der Waals surface area contributed by atoms with Crippen LogP contribution in [0.15, 0.2) is 52.7 Å². The smallest absolute Gasteiger partial charge is 0.264 e. The zero-order valence-corrected chi connectivity index (χ0v) is 16.7. The van der Waals surface area contributed by atoms with Crippen LogP contribution in [0, 0.1) is 19.7 Å². The Morgan fingerprint density at radius 1 is 1.28 bits per heavy atom. The standard InChI is InChI=1S/C19H20FN7OS/c1-12-7-8-13(2)16(9-12)23-17(28)11-29-19-26-25-18(27(19)21)24-22-10-14-5-3-4-6-15(14)20/h3-10H,11,21H2,1-2H3,(H,23,28)(H,24,25)/b22-10+. The number of rotatable bonds is 7. The molecular formula is C19H20FN7OS. The topological polar surface area (TPSA) is 110 Å². The third-order valence-electron chi connectivity index (χ3n) is 3.94. The molecule has 0 unspecified atom stereocenters. The fourth-order valence-electron chi connectivity index (χ4n) is 2.38. The summed E-state index contributed by atoms with van der Waals surface area (Å²) in [7, 11) is 0. The maximum Gasteiger partial charge on any atom is 0.264 e. The second kappa shape index (κ2) is 9.20. The first-order valence-electron chi connectivity index (χ1n) is 8.68. The van der Waals surface area contributed by atoms with Crippen LogP contribution in [0.25, 0.3) is 0 Å². The minimum absolute atomic E-state index is 0.112. The molecule has 8 nitrogen and oxygen atoms in total. The number of hydrogen-bond acceptors (Lipinski definition) is 7. The van der Waals surface area contributed by atoms with Crippen molar-refractivity contribution in [3.8, 4) is 0 Å². The summed E-state index contributed by atoms with van der Waals surface area (Å²) in [6.45, 7) is 3.89. The lowest BCUT2D eigenvalue weighted by Gasteiger charge is -2.09. The van der Waals surface area contributed by atoms with E-state index in [-0.39, 0.29) is 17.6 Å². The number of nitrogens with two attached hydrogens (primary N) is 1. The maximum atomic E-state index is 13.6. The molecule has 2 aromatic carbocycles. The molecule has 0 aliphatic carbocycles. The number of nitrogens with one attached hydrogen (secondary N) is 2. The van der Waals surface area contributed by atoms with Crippen LogP contribution in [0.2, 0.25) is 0 Å². The number of anilines is 2. The van der Waals surface area contributed by atoms with Crippen LogP contribution in [-0.2, 0) is 4.79 Å². The summed E-state index contributed by atoms with van der Waals surface area (Å²) >= 11 is 1.14. The summed E-state index contributed by atoms with van der Waals surface area (Å²) in [5.41, 5.74) is 5.74. The van der Waals surface area contributed by atoms with Gasteiger partial charge in [0.2, 0.25) is 11.1 Å². The number of nitrogen functional groups attached to an aromatic ring is 1. The predicted molar refractivity (Wildman–Crippen MR) is 113 cm³/mol. The number of nitrogens with zero attached hydrogens (tertiary/aromatic N) is 4. The van der Waals surface area contributed by atoms with E-state index in [4.69, 9.17) is 5.84 Å². The van der Waals surface area contributed by atoms with E-state index in [0.29, 0.717) is 10.7 Å². The van der Waals surface area contributed by atoms with Crippen molar-refractivity contribution in [1.82, 2.24) is 14.9 Å². The van der Waals surface area contributed by atoms with E-state index in [2.05, 4.69) is 26.0 Å². The summed E-state index contributed by atoms with van der Waals surface area (Å²) in [6, 6.07) is 12.1. The van der Waals surface area contributed by atoms with E-state index in [9.17, 15) is 9.18 Å². The second-order valence-corrected chi connectivity index (χ2v) is 7.17. The van der Waals surface area contributed by atoms with Gasteiger partial charge in [0.1, 0.15) is 5.82 Å². The number of hydrazone groups is 1. The van der Waals surface area contributed by atoms with Crippen LogP contribution >= 0.6 is 11.8 Å². The Labute approximate surface area is 171 Å². The SMILES string of the molecule is Cc1ccc(C)c(NC(=O)CSc2nnc(N/N=C/c3ccccc3F)n2N)c1. The van der Waals surface area contributed by atoms with Gasteiger partial charge in [-0.2, -0.15) is 5.10 Å². The molecule has 1 aromatic heterocycles. The van der Waals surface area contributed by atoms with Crippen molar-refractivity contribution in [3.63, 3.8) is 0 Å². The van der Waals surface area contributed by atoms with Crippen molar-refractivity contribution >= 4 is 35.5 Å². The highest BCUT2D eigenvalue weighted by Gasteiger charge is 2.12. The molecular weight excluding hydrogens is 393 g/mol. The molecule has 0 atom stereocenters. The van der Waals surface area contributed by atoms with E-state index >= 15 is 0 Å². The van der Waals surface area contributed by atoms with Gasteiger partial charge in [0, 0.05) is 11.3 Å². The predicted octanol–water partition coefficient (Wildman–Crippen LogP) is 2.92. The third-order valence-corrected chi connectivity index (χ3v) is 4.88. The van der Waals surface area contributed by atoms with Gasteiger partial charge in [0.25, 0.3) is 5.95 Å². The Balaban J connectivity index is 1.56. The lowest BCUT2D eigenvalue weighted by Crippen LogP contribution is -2.17. The molecule has 0 saturated heterocycles. The van der Waals surface area contributed by atoms with E-state index < -0.39 is 5.82 Å². The first kappa shape index (κ1) is 20.3. The summed E-state index contributed by atoms with van der Waals surface area (Å²) in [5.74, 6) is 5.63. The summed E-state index contributed by atoms with van der Waals surface area (Å²) in [4.78, 5) is 12.2. The van der Waals surface area contributed by atoms with Crippen LogP contribution in [0.5, 0.6) is 0 Å². The van der Waals surface area contributed by atoms with Gasteiger partial charge in [-0.1, -0.05) is 42.1 Å². The third kappa shape index (κ3) is 5.32. The van der Waals surface area contributed by atoms with Gasteiger partial charge < -0.3 is 11.2 Å². The highest BCUT2D eigenvalue weighted by atomic mass is 32.2. The number of amides is 1. The van der Waals surface area contributed by atoms with Crippen molar-refractivity contribution in [2.45, 2.75) is 19.0 Å². The van der Waals surface area contributed by atoms with Crippen molar-refractivity contribution in [3.05, 3.63) is 65.0 Å². The molecule has 0 aliphatic heterocycles. The number of benzene rings is 2. The van der Waals surface area contributed by atoms with Crippen LogP contribution in [0.4, 0.5) is 16.0 Å². The molecule has 0 aliphatic rings. The molecule has 29 heavy (non-hydrogen) atoms. The molecule has 0 fully saturated rings. The first-order valence-corrected chi connectivity index (χ1v) is 9.66. The molecule has 0 spiro atoms. The maximum absolute atomic E-state index is 13.6. The minimum atomic E-state index is -0.390. The first-order chi connectivity index (χ1) is 13.9. The van der Waals surface area contributed by atoms with Gasteiger partial charge in [-0.05, 0) is 37.1 Å². The average molecular weight is 413 g/mol. The fourth-order valence-corrected chi connectivity index (χ4v) is 3.03. The second-order valence-electron chi connectivity index (χ2n) is 6.22. The molecule has 0 bridgehead atoms. The Morgan fingerprint density at radius 2 is 2.07 bits per heavy atom.